The van der Waals surface area contributed by atoms with Gasteiger partial charge in [-0.1, -0.05) is 24.3 Å². The minimum Gasteiger partial charge on any atom is -0.465 e. The van der Waals surface area contributed by atoms with Gasteiger partial charge in [-0.25, -0.2) is 9.78 Å². The number of rotatable bonds is 8. The van der Waals surface area contributed by atoms with Gasteiger partial charge >= 0.3 is 6.09 Å². The second kappa shape index (κ2) is 9.53. The Morgan fingerprint density at radius 1 is 1.28 bits per heavy atom. The van der Waals surface area contributed by atoms with Crippen molar-refractivity contribution in [2.45, 2.75) is 26.2 Å². The monoisotopic (exact) mass is 360 g/mol. The Bertz CT molecular complexity index is 741. The quantitative estimate of drug-likeness (QED) is 0.381. The Balaban J connectivity index is 1.78. The highest BCUT2D eigenvalue weighted by molar-refractivity contribution is 7.14. The molecule has 3 N–H and O–H groups in total. The third-order valence-corrected chi connectivity index (χ3v) is 4.08. The number of thiazole rings is 1. The van der Waals surface area contributed by atoms with Crippen molar-refractivity contribution < 1.29 is 14.7 Å². The fraction of sp³-hybridized carbons (Fsp3) is 0.294. The summed E-state index contributed by atoms with van der Waals surface area (Å²) in [5.74, 6) is -0.126. The first-order valence-electron chi connectivity index (χ1n) is 7.85. The average Bonchev–Trinajstić information content (AvgIpc) is 3.02. The van der Waals surface area contributed by atoms with E-state index in [4.69, 9.17) is 5.11 Å². The van der Waals surface area contributed by atoms with E-state index in [0.717, 1.165) is 30.5 Å². The summed E-state index contributed by atoms with van der Waals surface area (Å²) in [5, 5.41) is 15.7. The van der Waals surface area contributed by atoms with Crippen molar-refractivity contribution in [3.63, 3.8) is 0 Å². The van der Waals surface area contributed by atoms with Crippen LogP contribution in [0.2, 0.25) is 0 Å². The molecule has 1 heterocycles. The highest BCUT2D eigenvalue weighted by Crippen LogP contribution is 2.25. The van der Waals surface area contributed by atoms with E-state index in [1.165, 1.54) is 30.2 Å². The topological polar surface area (TPSA) is 104 Å². The Labute approximate surface area is 149 Å². The number of aryl methyl sites for hydroxylation is 1. The van der Waals surface area contributed by atoms with Crippen LogP contribution in [0.3, 0.4) is 0 Å². The maximum Gasteiger partial charge on any atom is 0.409 e. The van der Waals surface area contributed by atoms with E-state index in [9.17, 15) is 9.59 Å². The number of nitrogens with zero attached hydrogens (tertiary/aromatic N) is 2. The zero-order valence-corrected chi connectivity index (χ0v) is 14.7. The first-order valence-corrected chi connectivity index (χ1v) is 8.73. The van der Waals surface area contributed by atoms with E-state index in [-0.39, 0.29) is 5.91 Å². The number of carbonyl (C=O) groups excluding carboxylic acids is 1. The lowest BCUT2D eigenvalue weighted by molar-refractivity contribution is -0.114. The van der Waals surface area contributed by atoms with Gasteiger partial charge in [-0.15, -0.1) is 11.3 Å². The maximum atomic E-state index is 11.0. The lowest BCUT2D eigenvalue weighted by Gasteiger charge is -2.02. The zero-order chi connectivity index (χ0) is 18.1. The summed E-state index contributed by atoms with van der Waals surface area (Å²) in [5.41, 5.74) is 3.09. The third-order valence-electron chi connectivity index (χ3n) is 3.32. The Morgan fingerprint density at radius 2 is 2.04 bits per heavy atom. The Hall–Kier alpha value is -2.74. The van der Waals surface area contributed by atoms with Crippen LogP contribution in [0.5, 0.6) is 0 Å². The van der Waals surface area contributed by atoms with E-state index in [0.29, 0.717) is 11.7 Å². The molecule has 8 heteroatoms. The van der Waals surface area contributed by atoms with Crippen LogP contribution in [0.1, 0.15) is 25.3 Å². The summed E-state index contributed by atoms with van der Waals surface area (Å²) < 4.78 is 0. The molecule has 0 aliphatic carbocycles. The van der Waals surface area contributed by atoms with E-state index in [1.807, 2.05) is 17.5 Å². The molecule has 0 saturated heterocycles. The molecule has 0 fully saturated rings. The summed E-state index contributed by atoms with van der Waals surface area (Å²) >= 11 is 1.40. The van der Waals surface area contributed by atoms with E-state index in [1.54, 1.807) is 0 Å². The second-order valence-corrected chi connectivity index (χ2v) is 6.22. The fourth-order valence-electron chi connectivity index (χ4n) is 2.15. The minimum atomic E-state index is -1.10. The molecule has 25 heavy (non-hydrogen) atoms. The van der Waals surface area contributed by atoms with Gasteiger partial charge in [0.1, 0.15) is 0 Å². The van der Waals surface area contributed by atoms with E-state index >= 15 is 0 Å². The number of aromatic nitrogens is 1. The highest BCUT2D eigenvalue weighted by Gasteiger charge is 2.05. The predicted molar refractivity (Wildman–Crippen MR) is 99.3 cm³/mol. The summed E-state index contributed by atoms with van der Waals surface area (Å²) in [6.07, 6.45) is 2.92. The molecular formula is C17H20N4O3S. The van der Waals surface area contributed by atoms with E-state index < -0.39 is 6.09 Å². The Kier molecular flexibility index (Phi) is 7.09. The highest BCUT2D eigenvalue weighted by atomic mass is 32.1. The number of nitrogens with one attached hydrogen (secondary N) is 2. The SMILES string of the molecule is CC(=O)Nc1nc(-c2ccc(CCCCN=CNC(=O)O)cc2)cs1. The van der Waals surface area contributed by atoms with E-state index in [2.05, 4.69) is 32.7 Å². The fourth-order valence-corrected chi connectivity index (χ4v) is 2.92. The summed E-state index contributed by atoms with van der Waals surface area (Å²) in [6, 6.07) is 8.19. The van der Waals surface area contributed by atoms with Gasteiger partial charge in [0.15, 0.2) is 5.13 Å². The number of hydrogen-bond donors (Lipinski definition) is 3. The van der Waals surface area contributed by atoms with Crippen LogP contribution < -0.4 is 10.6 Å². The molecule has 0 saturated carbocycles. The van der Waals surface area contributed by atoms with Crippen molar-refractivity contribution >= 4 is 34.8 Å². The molecule has 2 amide bonds. The summed E-state index contributed by atoms with van der Waals surface area (Å²) in [7, 11) is 0. The molecule has 0 aliphatic rings. The van der Waals surface area contributed by atoms with Gasteiger partial charge in [-0.2, -0.15) is 0 Å². The van der Waals surface area contributed by atoms with Gasteiger partial charge in [0.05, 0.1) is 12.0 Å². The van der Waals surface area contributed by atoms with Crippen LogP contribution in [-0.2, 0) is 11.2 Å². The molecule has 2 rings (SSSR count). The lowest BCUT2D eigenvalue weighted by Crippen LogP contribution is -2.18. The first-order chi connectivity index (χ1) is 12.0. The van der Waals surface area contributed by atoms with Gasteiger partial charge in [-0.05, 0) is 24.8 Å². The number of anilines is 1. The van der Waals surface area contributed by atoms with Gasteiger partial charge in [-0.3, -0.25) is 15.1 Å². The second-order valence-electron chi connectivity index (χ2n) is 5.36. The summed E-state index contributed by atoms with van der Waals surface area (Å²) in [4.78, 5) is 29.6. The average molecular weight is 360 g/mol. The third kappa shape index (κ3) is 6.72. The van der Waals surface area contributed by atoms with Crippen molar-refractivity contribution in [2.24, 2.45) is 4.99 Å². The largest absolute Gasteiger partial charge is 0.465 e. The minimum absolute atomic E-state index is 0.126. The van der Waals surface area contributed by atoms with Crippen molar-refractivity contribution in [1.29, 1.82) is 0 Å². The molecule has 0 spiro atoms. The van der Waals surface area contributed by atoms with Crippen LogP contribution in [0.15, 0.2) is 34.6 Å². The number of benzene rings is 1. The molecule has 1 aromatic heterocycles. The number of carboxylic acid groups (broad SMARTS) is 1. The smallest absolute Gasteiger partial charge is 0.409 e. The van der Waals surface area contributed by atoms with Crippen molar-refractivity contribution in [1.82, 2.24) is 10.3 Å². The van der Waals surface area contributed by atoms with Crippen molar-refractivity contribution in [3.8, 4) is 11.3 Å². The molecule has 0 bridgehead atoms. The summed E-state index contributed by atoms with van der Waals surface area (Å²) in [6.45, 7) is 2.06. The standard InChI is InChI=1S/C17H20N4O3S/c1-12(22)20-16-21-15(10-25-16)14-7-5-13(6-8-14)4-2-3-9-18-11-19-17(23)24/h5-8,10-11H,2-4,9H2,1H3,(H,18,19)(H,23,24)(H,20,21,22). The first kappa shape index (κ1) is 18.6. The number of amides is 2. The molecule has 0 radical (unpaired) electrons. The van der Waals surface area contributed by atoms with Gasteiger partial charge < -0.3 is 10.4 Å². The van der Waals surface area contributed by atoms with Gasteiger partial charge in [0, 0.05) is 24.4 Å². The normalized spacial score (nSPS) is 10.8. The molecule has 2 aromatic rings. The maximum absolute atomic E-state index is 11.0. The predicted octanol–water partition coefficient (Wildman–Crippen LogP) is 3.39. The zero-order valence-electron chi connectivity index (χ0n) is 13.9. The van der Waals surface area contributed by atoms with Crippen LogP contribution in [0.4, 0.5) is 9.93 Å². The van der Waals surface area contributed by atoms with Crippen LogP contribution in [0.25, 0.3) is 11.3 Å². The van der Waals surface area contributed by atoms with Crippen LogP contribution in [0, 0.1) is 0 Å². The van der Waals surface area contributed by atoms with Crippen molar-refractivity contribution in [2.75, 3.05) is 11.9 Å². The molecular weight excluding hydrogens is 340 g/mol. The van der Waals surface area contributed by atoms with Gasteiger partial charge in [0.25, 0.3) is 0 Å². The molecule has 0 unspecified atom stereocenters. The van der Waals surface area contributed by atoms with Crippen LogP contribution >= 0.6 is 11.3 Å². The number of aliphatic imine (C=N–C) groups is 1. The molecule has 1 aromatic carbocycles. The van der Waals surface area contributed by atoms with Crippen molar-refractivity contribution in [3.05, 3.63) is 35.2 Å². The number of carbonyl (C=O) groups is 2. The number of hydrogen-bond acceptors (Lipinski definition) is 5. The molecule has 132 valence electrons. The number of unbranched alkanes of at least 4 members (excludes halogenated alkanes) is 1. The Morgan fingerprint density at radius 3 is 2.72 bits per heavy atom. The van der Waals surface area contributed by atoms with Crippen LogP contribution in [-0.4, -0.2) is 35.0 Å². The lowest BCUT2D eigenvalue weighted by atomic mass is 10.1. The molecule has 0 atom stereocenters. The molecule has 0 aliphatic heterocycles. The van der Waals surface area contributed by atoms with Gasteiger partial charge in [0.2, 0.25) is 5.91 Å². The molecule has 7 nitrogen and oxygen atoms in total.